The predicted molar refractivity (Wildman–Crippen MR) is 73.4 cm³/mol. The van der Waals surface area contributed by atoms with E-state index < -0.39 is 0 Å². The molecule has 0 bridgehead atoms. The zero-order valence-electron chi connectivity index (χ0n) is 10.6. The van der Waals surface area contributed by atoms with Crippen LogP contribution in [0, 0.1) is 5.92 Å². The lowest BCUT2D eigenvalue weighted by Gasteiger charge is -2.14. The molecule has 1 aliphatic heterocycles. The summed E-state index contributed by atoms with van der Waals surface area (Å²) in [5.74, 6) is 1.14. The van der Waals surface area contributed by atoms with Crippen molar-refractivity contribution in [3.8, 4) is 5.75 Å². The van der Waals surface area contributed by atoms with E-state index in [1.807, 2.05) is 24.3 Å². The van der Waals surface area contributed by atoms with Crippen molar-refractivity contribution in [2.75, 3.05) is 7.11 Å². The molecular weight excluding hydrogens is 240 g/mol. The van der Waals surface area contributed by atoms with Gasteiger partial charge >= 0.3 is 6.03 Å². The minimum absolute atomic E-state index is 0.278. The number of allylic oxidation sites excluding steroid dienone is 3. The van der Waals surface area contributed by atoms with Crippen LogP contribution in [0.2, 0.25) is 0 Å². The van der Waals surface area contributed by atoms with Crippen molar-refractivity contribution in [1.29, 1.82) is 0 Å². The summed E-state index contributed by atoms with van der Waals surface area (Å²) in [4.78, 5) is 15.0. The van der Waals surface area contributed by atoms with Crippen molar-refractivity contribution >= 4 is 11.7 Å². The number of rotatable bonds is 3. The Bertz CT molecular complexity index is 597. The fourth-order valence-electron chi connectivity index (χ4n) is 2.28. The molecule has 2 amide bonds. The second-order valence-electron chi connectivity index (χ2n) is 4.58. The van der Waals surface area contributed by atoms with E-state index in [1.165, 1.54) is 5.56 Å². The second kappa shape index (κ2) is 4.72. The molecule has 0 saturated heterocycles. The normalized spacial score (nSPS) is 20.5. The topological polar surface area (TPSA) is 50.7 Å². The summed E-state index contributed by atoms with van der Waals surface area (Å²) in [6.07, 6.45) is 6.93. The van der Waals surface area contributed by atoms with E-state index in [9.17, 15) is 4.79 Å². The number of carbonyl (C=O) groups is 1. The van der Waals surface area contributed by atoms with Gasteiger partial charge in [0.25, 0.3) is 0 Å². The number of nitrogens with zero attached hydrogens (tertiary/aromatic N) is 1. The fourth-order valence-corrected chi connectivity index (χ4v) is 2.28. The van der Waals surface area contributed by atoms with Crippen LogP contribution in [-0.4, -0.2) is 18.9 Å². The largest absolute Gasteiger partial charge is 0.497 e. The van der Waals surface area contributed by atoms with E-state index >= 15 is 0 Å². The smallest absolute Gasteiger partial charge is 0.346 e. The van der Waals surface area contributed by atoms with Gasteiger partial charge in [-0.3, -0.25) is 0 Å². The first-order chi connectivity index (χ1) is 9.24. The maximum Gasteiger partial charge on any atom is 0.346 e. The molecule has 3 rings (SSSR count). The minimum atomic E-state index is -0.281. The summed E-state index contributed by atoms with van der Waals surface area (Å²) in [7, 11) is 1.66. The molecule has 1 aromatic carbocycles. The molecule has 0 fully saturated rings. The summed E-state index contributed by atoms with van der Waals surface area (Å²) in [5, 5.41) is 2.74. The highest BCUT2D eigenvalue weighted by molar-refractivity contribution is 6.18. The Morgan fingerprint density at radius 2 is 2.11 bits per heavy atom. The molecule has 0 saturated carbocycles. The third-order valence-electron chi connectivity index (χ3n) is 3.25. The first kappa shape index (κ1) is 11.7. The molecule has 19 heavy (non-hydrogen) atoms. The molecule has 2 aliphatic rings. The first-order valence-corrected chi connectivity index (χ1v) is 6.17. The van der Waals surface area contributed by atoms with Gasteiger partial charge in [0.2, 0.25) is 0 Å². The maximum atomic E-state index is 11.2. The highest BCUT2D eigenvalue weighted by Crippen LogP contribution is 2.21. The molecule has 0 aromatic heterocycles. The van der Waals surface area contributed by atoms with Gasteiger partial charge in [0.05, 0.1) is 18.5 Å². The SMILES string of the molecule is COc1ccc(CC2C=CC3=NC(=O)NC3=C2)cc1. The Balaban J connectivity index is 1.73. The number of urea groups is 1. The number of benzene rings is 1. The number of carbonyl (C=O) groups excluding carboxylic acids is 1. The van der Waals surface area contributed by atoms with Crippen LogP contribution >= 0.6 is 0 Å². The predicted octanol–water partition coefficient (Wildman–Crippen LogP) is 2.47. The van der Waals surface area contributed by atoms with E-state index in [4.69, 9.17) is 4.74 Å². The van der Waals surface area contributed by atoms with Gasteiger partial charge in [-0.25, -0.2) is 4.79 Å². The molecule has 1 unspecified atom stereocenters. The van der Waals surface area contributed by atoms with Gasteiger partial charge < -0.3 is 10.1 Å². The highest BCUT2D eigenvalue weighted by atomic mass is 16.5. The van der Waals surface area contributed by atoms with Crippen molar-refractivity contribution in [1.82, 2.24) is 5.32 Å². The van der Waals surface area contributed by atoms with E-state index in [1.54, 1.807) is 7.11 Å². The zero-order chi connectivity index (χ0) is 13.2. The van der Waals surface area contributed by atoms with Crippen molar-refractivity contribution in [2.45, 2.75) is 6.42 Å². The molecular formula is C15H14N2O2. The lowest BCUT2D eigenvalue weighted by Crippen LogP contribution is -2.18. The van der Waals surface area contributed by atoms with Crippen molar-refractivity contribution in [2.24, 2.45) is 10.9 Å². The van der Waals surface area contributed by atoms with Gasteiger partial charge in [0.1, 0.15) is 5.75 Å². The minimum Gasteiger partial charge on any atom is -0.497 e. The Morgan fingerprint density at radius 1 is 1.32 bits per heavy atom. The molecule has 1 aliphatic carbocycles. The number of amides is 2. The summed E-state index contributed by atoms with van der Waals surface area (Å²) < 4.78 is 5.14. The number of nitrogens with one attached hydrogen (secondary N) is 1. The summed E-state index contributed by atoms with van der Waals surface area (Å²) in [5.41, 5.74) is 2.79. The van der Waals surface area contributed by atoms with Crippen molar-refractivity contribution < 1.29 is 9.53 Å². The third kappa shape index (κ3) is 2.42. The van der Waals surface area contributed by atoms with Crippen LogP contribution in [0.25, 0.3) is 0 Å². The molecule has 0 spiro atoms. The summed E-state index contributed by atoms with van der Waals surface area (Å²) >= 11 is 0. The van der Waals surface area contributed by atoms with Gasteiger partial charge in [0, 0.05) is 5.92 Å². The van der Waals surface area contributed by atoms with Gasteiger partial charge in [-0.1, -0.05) is 24.3 Å². The quantitative estimate of drug-likeness (QED) is 0.900. The number of hydrogen-bond acceptors (Lipinski definition) is 2. The number of aliphatic imine (C=N–C) groups is 1. The fraction of sp³-hybridized carbons (Fsp3) is 0.200. The van der Waals surface area contributed by atoms with Crippen LogP contribution in [0.1, 0.15) is 5.56 Å². The Hall–Kier alpha value is -2.36. The molecule has 1 aromatic rings. The number of methoxy groups -OCH3 is 1. The zero-order valence-corrected chi connectivity index (χ0v) is 10.6. The number of hydrogen-bond donors (Lipinski definition) is 1. The average Bonchev–Trinajstić information content (AvgIpc) is 2.79. The van der Waals surface area contributed by atoms with Gasteiger partial charge in [-0.05, 0) is 30.2 Å². The Morgan fingerprint density at radius 3 is 2.84 bits per heavy atom. The first-order valence-electron chi connectivity index (χ1n) is 6.17. The van der Waals surface area contributed by atoms with Crippen LogP contribution in [0.5, 0.6) is 5.75 Å². The lowest BCUT2D eigenvalue weighted by molar-refractivity contribution is 0.253. The maximum absolute atomic E-state index is 11.2. The number of ether oxygens (including phenoxy) is 1. The van der Waals surface area contributed by atoms with Gasteiger partial charge in [0.15, 0.2) is 0 Å². The summed E-state index contributed by atoms with van der Waals surface area (Å²) in [6.45, 7) is 0. The molecule has 96 valence electrons. The van der Waals surface area contributed by atoms with Crippen LogP contribution in [0.4, 0.5) is 4.79 Å². The standard InChI is InChI=1S/C15H14N2O2/c1-19-12-5-2-10(3-6-12)8-11-4-7-13-14(9-11)17-15(18)16-13/h2-7,9,11H,8H2,1H3,(H,17,18). The van der Waals surface area contributed by atoms with E-state index in [0.29, 0.717) is 0 Å². The van der Waals surface area contributed by atoms with Crippen LogP contribution in [0.3, 0.4) is 0 Å². The molecule has 1 atom stereocenters. The highest BCUT2D eigenvalue weighted by Gasteiger charge is 2.21. The lowest BCUT2D eigenvalue weighted by atomic mass is 9.93. The van der Waals surface area contributed by atoms with Gasteiger partial charge in [-0.2, -0.15) is 4.99 Å². The molecule has 0 radical (unpaired) electrons. The van der Waals surface area contributed by atoms with Crippen LogP contribution in [-0.2, 0) is 6.42 Å². The molecule has 4 heteroatoms. The summed E-state index contributed by atoms with van der Waals surface area (Å²) in [6, 6.07) is 7.75. The Kier molecular flexibility index (Phi) is 2.91. The molecule has 1 N–H and O–H groups in total. The van der Waals surface area contributed by atoms with Crippen LogP contribution < -0.4 is 10.1 Å². The monoisotopic (exact) mass is 254 g/mol. The number of fused-ring (bicyclic) bond motifs is 1. The van der Waals surface area contributed by atoms with E-state index in [2.05, 4.69) is 28.5 Å². The second-order valence-corrected chi connectivity index (χ2v) is 4.58. The molecule has 1 heterocycles. The molecule has 4 nitrogen and oxygen atoms in total. The van der Waals surface area contributed by atoms with Gasteiger partial charge in [-0.15, -0.1) is 0 Å². The van der Waals surface area contributed by atoms with E-state index in [-0.39, 0.29) is 11.9 Å². The van der Waals surface area contributed by atoms with E-state index in [0.717, 1.165) is 23.6 Å². The third-order valence-corrected chi connectivity index (χ3v) is 3.25. The van der Waals surface area contributed by atoms with Crippen molar-refractivity contribution in [3.63, 3.8) is 0 Å². The average molecular weight is 254 g/mol. The Labute approximate surface area is 111 Å². The van der Waals surface area contributed by atoms with Crippen LogP contribution in [0.15, 0.2) is 53.2 Å². The van der Waals surface area contributed by atoms with Crippen molar-refractivity contribution in [3.05, 3.63) is 53.8 Å².